The molecule has 1 aliphatic rings. The minimum atomic E-state index is -0.386. The van der Waals surface area contributed by atoms with Gasteiger partial charge in [-0.1, -0.05) is 17.7 Å². The first-order valence-electron chi connectivity index (χ1n) is 4.78. The van der Waals surface area contributed by atoms with Gasteiger partial charge in [-0.2, -0.15) is 0 Å². The summed E-state index contributed by atoms with van der Waals surface area (Å²) in [5.41, 5.74) is 7.54. The highest BCUT2D eigenvalue weighted by Gasteiger charge is 2.37. The van der Waals surface area contributed by atoms with Crippen molar-refractivity contribution in [3.05, 3.63) is 34.1 Å². The first kappa shape index (κ1) is 9.94. The van der Waals surface area contributed by atoms with E-state index in [1.54, 1.807) is 6.07 Å². The molecule has 76 valence electrons. The minimum absolute atomic E-state index is 0.201. The summed E-state index contributed by atoms with van der Waals surface area (Å²) in [5.74, 6) is -0.371. The summed E-state index contributed by atoms with van der Waals surface area (Å²) in [4.78, 5) is 0. The van der Waals surface area contributed by atoms with Crippen molar-refractivity contribution < 1.29 is 4.39 Å². The van der Waals surface area contributed by atoms with E-state index < -0.39 is 0 Å². The molecule has 3 heteroatoms. The van der Waals surface area contributed by atoms with Gasteiger partial charge in [0.2, 0.25) is 0 Å². The summed E-state index contributed by atoms with van der Waals surface area (Å²) in [5, 5.41) is 0.201. The molecular formula is C11H13ClFN. The highest BCUT2D eigenvalue weighted by molar-refractivity contribution is 6.31. The lowest BCUT2D eigenvalue weighted by atomic mass is 9.71. The van der Waals surface area contributed by atoms with Gasteiger partial charge in [-0.3, -0.25) is 0 Å². The summed E-state index contributed by atoms with van der Waals surface area (Å²) in [6.07, 6.45) is 2.90. The van der Waals surface area contributed by atoms with Gasteiger partial charge in [-0.15, -0.1) is 0 Å². The summed E-state index contributed by atoms with van der Waals surface area (Å²) in [6.45, 7) is 1.92. The molecule has 1 saturated carbocycles. The Kier molecular flexibility index (Phi) is 2.28. The Labute approximate surface area is 88.1 Å². The van der Waals surface area contributed by atoms with Crippen LogP contribution in [0.15, 0.2) is 12.1 Å². The highest BCUT2D eigenvalue weighted by Crippen LogP contribution is 2.43. The lowest BCUT2D eigenvalue weighted by molar-refractivity contribution is 0.252. The molecule has 0 heterocycles. The first-order valence-corrected chi connectivity index (χ1v) is 5.16. The molecule has 0 atom stereocenters. The van der Waals surface area contributed by atoms with Gasteiger partial charge < -0.3 is 5.73 Å². The van der Waals surface area contributed by atoms with Crippen molar-refractivity contribution in [3.63, 3.8) is 0 Å². The summed E-state index contributed by atoms with van der Waals surface area (Å²) >= 11 is 5.94. The Hall–Kier alpha value is -0.600. The molecule has 1 aromatic rings. The van der Waals surface area contributed by atoms with Crippen LogP contribution in [0, 0.1) is 12.7 Å². The fourth-order valence-corrected chi connectivity index (χ4v) is 2.47. The Morgan fingerprint density at radius 2 is 2.07 bits per heavy atom. The van der Waals surface area contributed by atoms with Crippen LogP contribution in [-0.4, -0.2) is 0 Å². The van der Waals surface area contributed by atoms with E-state index in [1.165, 1.54) is 6.07 Å². The molecule has 0 radical (unpaired) electrons. The van der Waals surface area contributed by atoms with Crippen LogP contribution in [0.5, 0.6) is 0 Å². The van der Waals surface area contributed by atoms with Crippen molar-refractivity contribution in [1.29, 1.82) is 0 Å². The third-order valence-corrected chi connectivity index (χ3v) is 3.42. The maximum Gasteiger partial charge on any atom is 0.142 e. The molecule has 1 aromatic carbocycles. The Morgan fingerprint density at radius 1 is 1.43 bits per heavy atom. The number of rotatable bonds is 1. The maximum absolute atomic E-state index is 13.3. The quantitative estimate of drug-likeness (QED) is 0.762. The predicted molar refractivity (Wildman–Crippen MR) is 55.9 cm³/mol. The zero-order valence-electron chi connectivity index (χ0n) is 8.11. The fourth-order valence-electron chi connectivity index (χ4n) is 2.07. The van der Waals surface area contributed by atoms with Gasteiger partial charge in [0.25, 0.3) is 0 Å². The zero-order chi connectivity index (χ0) is 10.3. The van der Waals surface area contributed by atoms with E-state index in [2.05, 4.69) is 0 Å². The van der Waals surface area contributed by atoms with Gasteiger partial charge in [-0.05, 0) is 43.4 Å². The normalized spacial score (nSPS) is 19.1. The molecule has 0 aromatic heterocycles. The monoisotopic (exact) mass is 213 g/mol. The summed E-state index contributed by atoms with van der Waals surface area (Å²) < 4.78 is 13.3. The van der Waals surface area contributed by atoms with Crippen LogP contribution in [0.3, 0.4) is 0 Å². The largest absolute Gasteiger partial charge is 0.321 e. The molecule has 0 unspecified atom stereocenters. The van der Waals surface area contributed by atoms with Crippen LogP contribution >= 0.6 is 11.6 Å². The second-order valence-electron chi connectivity index (χ2n) is 4.06. The molecule has 1 nitrogen and oxygen atoms in total. The Bertz CT molecular complexity index is 372. The molecule has 0 saturated heterocycles. The van der Waals surface area contributed by atoms with Gasteiger partial charge in [-0.25, -0.2) is 4.39 Å². The average Bonchev–Trinajstić information content (AvgIpc) is 2.09. The highest BCUT2D eigenvalue weighted by atomic mass is 35.5. The van der Waals surface area contributed by atoms with Gasteiger partial charge >= 0.3 is 0 Å². The van der Waals surface area contributed by atoms with Gasteiger partial charge in [0.05, 0.1) is 5.02 Å². The van der Waals surface area contributed by atoms with Crippen molar-refractivity contribution in [2.45, 2.75) is 31.7 Å². The number of aryl methyl sites for hydroxylation is 1. The van der Waals surface area contributed by atoms with Crippen LogP contribution in [0.4, 0.5) is 4.39 Å². The van der Waals surface area contributed by atoms with Crippen LogP contribution in [0.1, 0.15) is 30.4 Å². The van der Waals surface area contributed by atoms with E-state index in [9.17, 15) is 4.39 Å². The van der Waals surface area contributed by atoms with Crippen LogP contribution in [0.2, 0.25) is 5.02 Å². The standard InChI is InChI=1S/C11H13ClFN/c1-7-3-4-8(13)10(12)9(7)11(14)5-2-6-11/h3-4H,2,5-6,14H2,1H3. The van der Waals surface area contributed by atoms with Crippen molar-refractivity contribution in [2.24, 2.45) is 5.73 Å². The lowest BCUT2D eigenvalue weighted by Gasteiger charge is -2.40. The minimum Gasteiger partial charge on any atom is -0.321 e. The predicted octanol–water partition coefficient (Wildman–Crippen LogP) is 3.13. The maximum atomic E-state index is 13.3. The Balaban J connectivity index is 2.56. The smallest absolute Gasteiger partial charge is 0.142 e. The number of hydrogen-bond acceptors (Lipinski definition) is 1. The number of hydrogen-bond donors (Lipinski definition) is 1. The molecule has 1 fully saturated rings. The molecule has 0 aliphatic heterocycles. The molecule has 2 N–H and O–H groups in total. The Morgan fingerprint density at radius 3 is 2.57 bits per heavy atom. The summed E-state index contributed by atoms with van der Waals surface area (Å²) in [7, 11) is 0. The first-order chi connectivity index (χ1) is 6.54. The molecule has 14 heavy (non-hydrogen) atoms. The van der Waals surface area contributed by atoms with Crippen molar-refractivity contribution >= 4 is 11.6 Å². The molecule has 1 aliphatic carbocycles. The third-order valence-electron chi connectivity index (χ3n) is 3.05. The van der Waals surface area contributed by atoms with E-state index in [0.29, 0.717) is 0 Å². The van der Waals surface area contributed by atoms with Crippen LogP contribution in [-0.2, 0) is 5.54 Å². The topological polar surface area (TPSA) is 26.0 Å². The average molecular weight is 214 g/mol. The van der Waals surface area contributed by atoms with Crippen molar-refractivity contribution in [1.82, 2.24) is 0 Å². The molecule has 2 rings (SSSR count). The van der Waals surface area contributed by atoms with Gasteiger partial charge in [0.1, 0.15) is 5.82 Å². The van der Waals surface area contributed by atoms with Gasteiger partial charge in [0.15, 0.2) is 0 Å². The SMILES string of the molecule is Cc1ccc(F)c(Cl)c1C1(N)CCC1. The van der Waals surface area contributed by atoms with E-state index in [1.807, 2.05) is 6.92 Å². The summed E-state index contributed by atoms with van der Waals surface area (Å²) in [6, 6.07) is 3.13. The molecular weight excluding hydrogens is 201 g/mol. The van der Waals surface area contributed by atoms with E-state index >= 15 is 0 Å². The van der Waals surface area contributed by atoms with E-state index in [4.69, 9.17) is 17.3 Å². The fraction of sp³-hybridized carbons (Fsp3) is 0.455. The van der Waals surface area contributed by atoms with Crippen molar-refractivity contribution in [2.75, 3.05) is 0 Å². The van der Waals surface area contributed by atoms with Crippen molar-refractivity contribution in [3.8, 4) is 0 Å². The number of benzene rings is 1. The zero-order valence-corrected chi connectivity index (χ0v) is 8.87. The molecule has 0 amide bonds. The van der Waals surface area contributed by atoms with Crippen LogP contribution < -0.4 is 5.73 Å². The number of halogens is 2. The molecule has 0 spiro atoms. The number of nitrogens with two attached hydrogens (primary N) is 1. The molecule has 0 bridgehead atoms. The second-order valence-corrected chi connectivity index (χ2v) is 4.44. The van der Waals surface area contributed by atoms with Crippen LogP contribution in [0.25, 0.3) is 0 Å². The van der Waals surface area contributed by atoms with E-state index in [0.717, 1.165) is 30.4 Å². The second kappa shape index (κ2) is 3.21. The lowest BCUT2D eigenvalue weighted by Crippen LogP contribution is -2.44. The third kappa shape index (κ3) is 1.33. The van der Waals surface area contributed by atoms with Gasteiger partial charge in [0, 0.05) is 5.54 Å². The van der Waals surface area contributed by atoms with E-state index in [-0.39, 0.29) is 16.4 Å².